The maximum atomic E-state index is 5.92. The van der Waals surface area contributed by atoms with Crippen molar-refractivity contribution in [2.45, 2.75) is 19.9 Å². The highest BCUT2D eigenvalue weighted by Gasteiger charge is 2.10. The summed E-state index contributed by atoms with van der Waals surface area (Å²) in [5.74, 6) is 0. The maximum Gasteiger partial charge on any atom is 0.214 e. The van der Waals surface area contributed by atoms with E-state index in [1.165, 1.54) is 11.3 Å². The molecule has 0 unspecified atom stereocenters. The summed E-state index contributed by atoms with van der Waals surface area (Å²) in [5.41, 5.74) is 2.97. The first-order chi connectivity index (χ1) is 11.7. The predicted octanol–water partition coefficient (Wildman–Crippen LogP) is 4.74. The van der Waals surface area contributed by atoms with E-state index >= 15 is 0 Å². The molecule has 0 atom stereocenters. The second-order valence-electron chi connectivity index (χ2n) is 5.21. The highest BCUT2D eigenvalue weighted by atomic mass is 35.5. The average molecular weight is 376 g/mol. The molecule has 0 saturated heterocycles. The number of imidazole rings is 1. The third-order valence-electron chi connectivity index (χ3n) is 3.51. The van der Waals surface area contributed by atoms with Gasteiger partial charge in [0.2, 0.25) is 10.1 Å². The van der Waals surface area contributed by atoms with Crippen LogP contribution in [-0.4, -0.2) is 19.6 Å². The molecule has 0 aliphatic carbocycles. The number of hydrogen-bond donors (Lipinski definition) is 1. The van der Waals surface area contributed by atoms with E-state index in [-0.39, 0.29) is 0 Å². The minimum absolute atomic E-state index is 0.678. The molecule has 5 nitrogen and oxygen atoms in total. The van der Waals surface area contributed by atoms with E-state index in [0.717, 1.165) is 43.5 Å². The van der Waals surface area contributed by atoms with E-state index in [9.17, 15) is 0 Å². The van der Waals surface area contributed by atoms with Gasteiger partial charge in [-0.3, -0.25) is 0 Å². The molecule has 0 saturated carbocycles. The minimum Gasteiger partial charge on any atom is -0.354 e. The molecular weight excluding hydrogens is 362 g/mol. The lowest BCUT2D eigenvalue weighted by molar-refractivity contribution is 0.950. The Bertz CT molecular complexity index is 939. The SMILES string of the molecule is CCc1nc(CNc2nn3cc(-c4ccc(Cl)cc4)nc3s2)cs1. The van der Waals surface area contributed by atoms with Crippen molar-refractivity contribution < 1.29 is 0 Å². The molecule has 122 valence electrons. The van der Waals surface area contributed by atoms with Crippen LogP contribution in [0.1, 0.15) is 17.6 Å². The third kappa shape index (κ3) is 3.15. The van der Waals surface area contributed by atoms with Gasteiger partial charge >= 0.3 is 0 Å². The number of rotatable bonds is 5. The molecule has 4 aromatic rings. The van der Waals surface area contributed by atoms with Crippen LogP contribution in [0.4, 0.5) is 5.13 Å². The first kappa shape index (κ1) is 15.6. The molecule has 1 N–H and O–H groups in total. The molecule has 4 rings (SSSR count). The maximum absolute atomic E-state index is 5.92. The highest BCUT2D eigenvalue weighted by Crippen LogP contribution is 2.25. The molecule has 0 bridgehead atoms. The van der Waals surface area contributed by atoms with Crippen molar-refractivity contribution in [3.05, 3.63) is 51.6 Å². The van der Waals surface area contributed by atoms with E-state index in [1.807, 2.05) is 30.5 Å². The number of benzene rings is 1. The Hall–Kier alpha value is -1.96. The Morgan fingerprint density at radius 1 is 1.21 bits per heavy atom. The molecule has 3 heterocycles. The Kier molecular flexibility index (Phi) is 4.22. The van der Waals surface area contributed by atoms with Crippen LogP contribution >= 0.6 is 34.3 Å². The smallest absolute Gasteiger partial charge is 0.214 e. The lowest BCUT2D eigenvalue weighted by Gasteiger charge is -1.98. The minimum atomic E-state index is 0.678. The normalized spacial score (nSPS) is 11.2. The van der Waals surface area contributed by atoms with Gasteiger partial charge in [0.05, 0.1) is 29.1 Å². The van der Waals surface area contributed by atoms with Crippen molar-refractivity contribution in [1.82, 2.24) is 19.6 Å². The number of fused-ring (bicyclic) bond motifs is 1. The van der Waals surface area contributed by atoms with Crippen molar-refractivity contribution >= 4 is 44.4 Å². The van der Waals surface area contributed by atoms with Crippen LogP contribution in [0.25, 0.3) is 16.2 Å². The van der Waals surface area contributed by atoms with Gasteiger partial charge in [0.25, 0.3) is 0 Å². The molecule has 0 fully saturated rings. The number of halogens is 1. The van der Waals surface area contributed by atoms with Crippen LogP contribution in [0.3, 0.4) is 0 Å². The topological polar surface area (TPSA) is 55.1 Å². The molecule has 3 aromatic heterocycles. The Balaban J connectivity index is 1.50. The van der Waals surface area contributed by atoms with E-state index < -0.39 is 0 Å². The summed E-state index contributed by atoms with van der Waals surface area (Å²) in [6, 6.07) is 7.65. The van der Waals surface area contributed by atoms with Gasteiger partial charge in [0.1, 0.15) is 0 Å². The third-order valence-corrected chi connectivity index (χ3v) is 5.68. The van der Waals surface area contributed by atoms with Crippen molar-refractivity contribution in [1.29, 1.82) is 0 Å². The van der Waals surface area contributed by atoms with E-state index in [2.05, 4.69) is 32.7 Å². The summed E-state index contributed by atoms with van der Waals surface area (Å²) in [5, 5.41) is 12.6. The average Bonchev–Trinajstić information content (AvgIpc) is 3.27. The predicted molar refractivity (Wildman–Crippen MR) is 100 cm³/mol. The second kappa shape index (κ2) is 6.51. The van der Waals surface area contributed by atoms with Crippen molar-refractivity contribution in [2.75, 3.05) is 5.32 Å². The van der Waals surface area contributed by atoms with Gasteiger partial charge in [0.15, 0.2) is 0 Å². The number of thiazole rings is 1. The molecule has 1 aromatic carbocycles. The largest absolute Gasteiger partial charge is 0.354 e. The van der Waals surface area contributed by atoms with E-state index in [1.54, 1.807) is 15.9 Å². The zero-order chi connectivity index (χ0) is 16.5. The number of anilines is 1. The Labute approximate surface area is 152 Å². The Morgan fingerprint density at radius 3 is 2.75 bits per heavy atom. The zero-order valence-corrected chi connectivity index (χ0v) is 15.3. The molecule has 0 radical (unpaired) electrons. The number of aromatic nitrogens is 4. The van der Waals surface area contributed by atoms with Crippen molar-refractivity contribution in [2.24, 2.45) is 0 Å². The van der Waals surface area contributed by atoms with Crippen molar-refractivity contribution in [3.63, 3.8) is 0 Å². The van der Waals surface area contributed by atoms with Crippen LogP contribution in [0.5, 0.6) is 0 Å². The van der Waals surface area contributed by atoms with Gasteiger partial charge < -0.3 is 5.32 Å². The first-order valence-electron chi connectivity index (χ1n) is 7.50. The van der Waals surface area contributed by atoms with Gasteiger partial charge in [-0.15, -0.1) is 16.4 Å². The fraction of sp³-hybridized carbons (Fsp3) is 0.188. The zero-order valence-electron chi connectivity index (χ0n) is 12.9. The first-order valence-corrected chi connectivity index (χ1v) is 9.58. The summed E-state index contributed by atoms with van der Waals surface area (Å²) in [7, 11) is 0. The Morgan fingerprint density at radius 2 is 2.04 bits per heavy atom. The summed E-state index contributed by atoms with van der Waals surface area (Å²) < 4.78 is 1.80. The monoisotopic (exact) mass is 375 g/mol. The van der Waals surface area contributed by atoms with E-state index in [4.69, 9.17) is 11.6 Å². The molecule has 0 aliphatic heterocycles. The number of nitrogens with one attached hydrogen (secondary N) is 1. The van der Waals surface area contributed by atoms with Gasteiger partial charge in [0, 0.05) is 16.0 Å². The molecule has 0 aliphatic rings. The number of hydrogen-bond acceptors (Lipinski definition) is 6. The van der Waals surface area contributed by atoms with Crippen LogP contribution in [-0.2, 0) is 13.0 Å². The summed E-state index contributed by atoms with van der Waals surface area (Å²) >= 11 is 9.15. The van der Waals surface area contributed by atoms with Crippen LogP contribution in [0, 0.1) is 0 Å². The molecule has 24 heavy (non-hydrogen) atoms. The summed E-state index contributed by atoms with van der Waals surface area (Å²) in [4.78, 5) is 10.0. The lowest BCUT2D eigenvalue weighted by atomic mass is 10.2. The van der Waals surface area contributed by atoms with Crippen LogP contribution < -0.4 is 5.32 Å². The number of aryl methyl sites for hydroxylation is 1. The van der Waals surface area contributed by atoms with E-state index in [0.29, 0.717) is 6.54 Å². The summed E-state index contributed by atoms with van der Waals surface area (Å²) in [6.45, 7) is 2.79. The highest BCUT2D eigenvalue weighted by molar-refractivity contribution is 7.20. The van der Waals surface area contributed by atoms with Crippen LogP contribution in [0.15, 0.2) is 35.8 Å². The molecule has 0 amide bonds. The van der Waals surface area contributed by atoms with Gasteiger partial charge in [-0.25, -0.2) is 14.5 Å². The van der Waals surface area contributed by atoms with Gasteiger partial charge in [-0.05, 0) is 18.6 Å². The molecule has 0 spiro atoms. The molecule has 8 heteroatoms. The molecular formula is C16H14ClN5S2. The van der Waals surface area contributed by atoms with Gasteiger partial charge in [-0.2, -0.15) is 0 Å². The fourth-order valence-electron chi connectivity index (χ4n) is 2.29. The fourth-order valence-corrected chi connectivity index (χ4v) is 3.94. The van der Waals surface area contributed by atoms with Crippen molar-refractivity contribution in [3.8, 4) is 11.3 Å². The summed E-state index contributed by atoms with van der Waals surface area (Å²) in [6.07, 6.45) is 2.90. The van der Waals surface area contributed by atoms with Crippen LogP contribution in [0.2, 0.25) is 5.02 Å². The standard InChI is InChI=1S/C16H14ClN5S2/c1-2-14-19-12(9-23-14)7-18-15-21-22-8-13(20-16(22)24-15)10-3-5-11(17)6-4-10/h3-6,8-9H,2,7H2,1H3,(H,18,21). The quantitative estimate of drug-likeness (QED) is 0.547. The second-order valence-corrected chi connectivity index (χ2v) is 7.54. The number of nitrogens with zero attached hydrogens (tertiary/aromatic N) is 4. The lowest BCUT2D eigenvalue weighted by Crippen LogP contribution is -2.00. The van der Waals surface area contributed by atoms with Gasteiger partial charge in [-0.1, -0.05) is 42.0 Å².